The van der Waals surface area contributed by atoms with Crippen LogP contribution in [-0.4, -0.2) is 9.97 Å². The molecular formula is C16H11F2N3O. The predicted octanol–water partition coefficient (Wildman–Crippen LogP) is 3.46. The molecule has 0 saturated heterocycles. The summed E-state index contributed by atoms with van der Waals surface area (Å²) in [5.41, 5.74) is 1.20. The summed E-state index contributed by atoms with van der Waals surface area (Å²) in [6.45, 7) is 0. The molecule has 0 radical (unpaired) electrons. The zero-order chi connectivity index (χ0) is 15.5. The second-order valence-electron chi connectivity index (χ2n) is 4.60. The monoisotopic (exact) mass is 299 g/mol. The quantitative estimate of drug-likeness (QED) is 0.778. The van der Waals surface area contributed by atoms with E-state index >= 15 is 0 Å². The van der Waals surface area contributed by atoms with E-state index in [4.69, 9.17) is 0 Å². The van der Waals surface area contributed by atoms with Crippen molar-refractivity contribution in [3.8, 4) is 11.3 Å². The number of H-pyrrole nitrogens is 1. The normalized spacial score (nSPS) is 10.5. The number of halogens is 2. The van der Waals surface area contributed by atoms with E-state index in [-0.39, 0.29) is 17.2 Å². The molecule has 0 unspecified atom stereocenters. The van der Waals surface area contributed by atoms with Crippen molar-refractivity contribution < 1.29 is 8.78 Å². The summed E-state index contributed by atoms with van der Waals surface area (Å²) < 4.78 is 26.1. The first-order chi connectivity index (χ1) is 10.6. The van der Waals surface area contributed by atoms with Gasteiger partial charge >= 0.3 is 0 Å². The Morgan fingerprint density at radius 1 is 0.955 bits per heavy atom. The van der Waals surface area contributed by atoms with Gasteiger partial charge in [0.1, 0.15) is 0 Å². The molecule has 6 heteroatoms. The number of hydrogen-bond acceptors (Lipinski definition) is 3. The Morgan fingerprint density at radius 2 is 1.73 bits per heavy atom. The fourth-order valence-corrected chi connectivity index (χ4v) is 1.98. The molecule has 3 rings (SSSR count). The third-order valence-electron chi connectivity index (χ3n) is 2.99. The van der Waals surface area contributed by atoms with E-state index in [1.807, 2.05) is 30.3 Å². The highest BCUT2D eigenvalue weighted by Crippen LogP contribution is 2.19. The minimum Gasteiger partial charge on any atom is -0.326 e. The summed E-state index contributed by atoms with van der Waals surface area (Å²) in [5, 5.41) is 2.75. The molecule has 0 aliphatic heterocycles. The summed E-state index contributed by atoms with van der Waals surface area (Å²) in [7, 11) is 0. The van der Waals surface area contributed by atoms with E-state index in [1.54, 1.807) is 0 Å². The number of hydrogen-bond donors (Lipinski definition) is 2. The van der Waals surface area contributed by atoms with Gasteiger partial charge in [-0.15, -0.1) is 0 Å². The van der Waals surface area contributed by atoms with E-state index in [0.717, 1.165) is 17.7 Å². The summed E-state index contributed by atoms with van der Waals surface area (Å²) >= 11 is 0. The van der Waals surface area contributed by atoms with Crippen molar-refractivity contribution in [2.24, 2.45) is 0 Å². The summed E-state index contributed by atoms with van der Waals surface area (Å²) in [4.78, 5) is 18.5. The number of rotatable bonds is 3. The van der Waals surface area contributed by atoms with Crippen LogP contribution in [-0.2, 0) is 0 Å². The molecule has 4 nitrogen and oxygen atoms in total. The number of nitrogens with zero attached hydrogens (tertiary/aromatic N) is 1. The fourth-order valence-electron chi connectivity index (χ4n) is 1.98. The summed E-state index contributed by atoms with van der Waals surface area (Å²) in [5.74, 6) is -1.77. The highest BCUT2D eigenvalue weighted by atomic mass is 19.2. The van der Waals surface area contributed by atoms with Gasteiger partial charge in [-0.2, -0.15) is 0 Å². The third-order valence-corrected chi connectivity index (χ3v) is 2.99. The third kappa shape index (κ3) is 3.01. The highest BCUT2D eigenvalue weighted by Gasteiger charge is 2.06. The minimum atomic E-state index is -0.980. The number of benzene rings is 2. The van der Waals surface area contributed by atoms with Crippen molar-refractivity contribution in [1.29, 1.82) is 0 Å². The van der Waals surface area contributed by atoms with Crippen LogP contribution in [0.4, 0.5) is 20.4 Å². The molecule has 0 aliphatic carbocycles. The lowest BCUT2D eigenvalue weighted by atomic mass is 10.1. The van der Waals surface area contributed by atoms with Crippen molar-refractivity contribution >= 4 is 11.6 Å². The van der Waals surface area contributed by atoms with Crippen LogP contribution in [0, 0.1) is 11.6 Å². The first-order valence-electron chi connectivity index (χ1n) is 6.51. The fraction of sp³-hybridized carbons (Fsp3) is 0. The lowest BCUT2D eigenvalue weighted by molar-refractivity contribution is 0.509. The van der Waals surface area contributed by atoms with Crippen LogP contribution in [0.5, 0.6) is 0 Å². The van der Waals surface area contributed by atoms with E-state index in [2.05, 4.69) is 15.3 Å². The van der Waals surface area contributed by atoms with Crippen molar-refractivity contribution in [2.45, 2.75) is 0 Å². The van der Waals surface area contributed by atoms with Crippen molar-refractivity contribution in [3.05, 3.63) is 76.6 Å². The average Bonchev–Trinajstić information content (AvgIpc) is 2.51. The molecule has 22 heavy (non-hydrogen) atoms. The van der Waals surface area contributed by atoms with Crippen molar-refractivity contribution in [3.63, 3.8) is 0 Å². The molecule has 0 fully saturated rings. The maximum atomic E-state index is 13.2. The van der Waals surface area contributed by atoms with Gasteiger partial charge in [0.25, 0.3) is 5.56 Å². The predicted molar refractivity (Wildman–Crippen MR) is 79.9 cm³/mol. The number of aromatic nitrogens is 2. The van der Waals surface area contributed by atoms with Gasteiger partial charge < -0.3 is 5.32 Å². The summed E-state index contributed by atoms with van der Waals surface area (Å²) in [6, 6.07) is 13.9. The van der Waals surface area contributed by atoms with Crippen molar-refractivity contribution in [1.82, 2.24) is 9.97 Å². The van der Waals surface area contributed by atoms with Crippen molar-refractivity contribution in [2.75, 3.05) is 5.32 Å². The van der Waals surface area contributed by atoms with Crippen LogP contribution < -0.4 is 10.9 Å². The Balaban J connectivity index is 1.96. The van der Waals surface area contributed by atoms with Gasteiger partial charge in [0.2, 0.25) is 5.95 Å². The van der Waals surface area contributed by atoms with Gasteiger partial charge in [0.15, 0.2) is 11.6 Å². The molecule has 3 aromatic rings. The number of aromatic amines is 1. The molecule has 0 saturated carbocycles. The zero-order valence-electron chi connectivity index (χ0n) is 11.3. The van der Waals surface area contributed by atoms with Crippen LogP contribution in [0.1, 0.15) is 0 Å². The van der Waals surface area contributed by atoms with E-state index < -0.39 is 11.6 Å². The molecule has 2 aromatic carbocycles. The standard InChI is InChI=1S/C16H11F2N3O/c17-12-7-6-11(8-13(12)18)19-16-20-14(9-15(22)21-16)10-4-2-1-3-5-10/h1-9H,(H2,19,20,21,22). The molecule has 0 atom stereocenters. The Labute approximate surface area is 124 Å². The van der Waals surface area contributed by atoms with E-state index in [9.17, 15) is 13.6 Å². The first kappa shape index (κ1) is 13.9. The molecule has 0 amide bonds. The van der Waals surface area contributed by atoms with Gasteiger partial charge in [-0.05, 0) is 12.1 Å². The van der Waals surface area contributed by atoms with Crippen LogP contribution in [0.2, 0.25) is 0 Å². The number of anilines is 2. The molecule has 110 valence electrons. The van der Waals surface area contributed by atoms with Gasteiger partial charge in [0, 0.05) is 23.4 Å². The van der Waals surface area contributed by atoms with E-state index in [1.165, 1.54) is 12.1 Å². The zero-order valence-corrected chi connectivity index (χ0v) is 11.3. The highest BCUT2D eigenvalue weighted by molar-refractivity contribution is 5.61. The lowest BCUT2D eigenvalue weighted by Gasteiger charge is -2.07. The van der Waals surface area contributed by atoms with Crippen LogP contribution in [0.15, 0.2) is 59.4 Å². The second-order valence-corrected chi connectivity index (χ2v) is 4.60. The maximum Gasteiger partial charge on any atom is 0.252 e. The lowest BCUT2D eigenvalue weighted by Crippen LogP contribution is -2.10. The first-order valence-corrected chi connectivity index (χ1v) is 6.51. The molecule has 0 aliphatic rings. The molecule has 1 heterocycles. The van der Waals surface area contributed by atoms with Gasteiger partial charge in [-0.25, -0.2) is 13.8 Å². The molecule has 0 spiro atoms. The molecular weight excluding hydrogens is 288 g/mol. The Bertz CT molecular complexity index is 863. The van der Waals surface area contributed by atoms with Gasteiger partial charge in [-0.3, -0.25) is 9.78 Å². The Morgan fingerprint density at radius 3 is 2.45 bits per heavy atom. The van der Waals surface area contributed by atoms with Crippen LogP contribution in [0.25, 0.3) is 11.3 Å². The van der Waals surface area contributed by atoms with Gasteiger partial charge in [-0.1, -0.05) is 30.3 Å². The van der Waals surface area contributed by atoms with E-state index in [0.29, 0.717) is 5.69 Å². The topological polar surface area (TPSA) is 57.8 Å². The number of nitrogens with one attached hydrogen (secondary N) is 2. The molecule has 1 aromatic heterocycles. The van der Waals surface area contributed by atoms with Crippen LogP contribution in [0.3, 0.4) is 0 Å². The van der Waals surface area contributed by atoms with Gasteiger partial charge in [0.05, 0.1) is 5.69 Å². The largest absolute Gasteiger partial charge is 0.326 e. The minimum absolute atomic E-state index is 0.150. The summed E-state index contributed by atoms with van der Waals surface area (Å²) in [6.07, 6.45) is 0. The van der Waals surface area contributed by atoms with Crippen LogP contribution >= 0.6 is 0 Å². The Kier molecular flexibility index (Phi) is 3.65. The average molecular weight is 299 g/mol. The molecule has 0 bridgehead atoms. The SMILES string of the molecule is O=c1cc(-c2ccccc2)nc(Nc2ccc(F)c(F)c2)[nH]1. The maximum absolute atomic E-state index is 13.2. The smallest absolute Gasteiger partial charge is 0.252 e. The second kappa shape index (κ2) is 5.77. The Hall–Kier alpha value is -3.02. The molecule has 2 N–H and O–H groups in total.